The van der Waals surface area contributed by atoms with E-state index >= 15 is 0 Å². The SMILES string of the molecule is Cc1cc(C(O)C(O)CCNC(=O)OCc2ccccc2)cc(C)c1O. The van der Waals surface area contributed by atoms with Gasteiger partial charge in [0.15, 0.2) is 0 Å². The molecule has 2 aromatic rings. The topological polar surface area (TPSA) is 99.0 Å². The van der Waals surface area contributed by atoms with E-state index in [0.717, 1.165) is 5.56 Å². The highest BCUT2D eigenvalue weighted by Gasteiger charge is 2.20. The Bertz CT molecular complexity index is 709. The van der Waals surface area contributed by atoms with Crippen molar-refractivity contribution in [2.75, 3.05) is 6.54 Å². The number of ether oxygens (including phenoxy) is 1. The lowest BCUT2D eigenvalue weighted by atomic mass is 9.97. The summed E-state index contributed by atoms with van der Waals surface area (Å²) in [5, 5.41) is 32.7. The molecule has 0 aliphatic carbocycles. The zero-order chi connectivity index (χ0) is 19.1. The smallest absolute Gasteiger partial charge is 0.407 e. The fourth-order valence-electron chi connectivity index (χ4n) is 2.64. The standard InChI is InChI=1S/C20H25NO5/c1-13-10-16(11-14(2)18(13)23)19(24)17(22)8-9-21-20(25)26-12-15-6-4-3-5-7-15/h3-7,10-11,17,19,22-24H,8-9,12H2,1-2H3,(H,21,25). The van der Waals surface area contributed by atoms with Crippen molar-refractivity contribution in [2.24, 2.45) is 0 Å². The van der Waals surface area contributed by atoms with Crippen LogP contribution in [0.2, 0.25) is 0 Å². The van der Waals surface area contributed by atoms with E-state index in [9.17, 15) is 20.1 Å². The number of hydrogen-bond donors (Lipinski definition) is 4. The lowest BCUT2D eigenvalue weighted by Crippen LogP contribution is -2.29. The summed E-state index contributed by atoms with van der Waals surface area (Å²) in [6.07, 6.45) is -2.56. The largest absolute Gasteiger partial charge is 0.507 e. The van der Waals surface area contributed by atoms with Gasteiger partial charge < -0.3 is 25.4 Å². The van der Waals surface area contributed by atoms with Gasteiger partial charge in [-0.05, 0) is 54.7 Å². The summed E-state index contributed by atoms with van der Waals surface area (Å²) in [5.41, 5.74) is 2.68. The summed E-state index contributed by atoms with van der Waals surface area (Å²) >= 11 is 0. The lowest BCUT2D eigenvalue weighted by Gasteiger charge is -2.20. The van der Waals surface area contributed by atoms with Crippen LogP contribution in [0.1, 0.15) is 34.8 Å². The molecule has 1 amide bonds. The Balaban J connectivity index is 1.77. The second-order valence-corrected chi connectivity index (χ2v) is 6.29. The van der Waals surface area contributed by atoms with Gasteiger partial charge in [0.1, 0.15) is 18.5 Å². The number of alkyl carbamates (subject to hydrolysis) is 1. The Morgan fingerprint density at radius 3 is 2.35 bits per heavy atom. The van der Waals surface area contributed by atoms with Crippen molar-refractivity contribution in [1.29, 1.82) is 0 Å². The first-order valence-corrected chi connectivity index (χ1v) is 8.49. The van der Waals surface area contributed by atoms with Gasteiger partial charge in [-0.2, -0.15) is 0 Å². The molecule has 0 bridgehead atoms. The molecule has 140 valence electrons. The minimum atomic E-state index is -1.10. The van der Waals surface area contributed by atoms with Crippen LogP contribution in [0.5, 0.6) is 5.75 Å². The molecule has 0 heterocycles. The number of aromatic hydroxyl groups is 1. The predicted octanol–water partition coefficient (Wildman–Crippen LogP) is 2.72. The maximum atomic E-state index is 11.7. The van der Waals surface area contributed by atoms with Crippen LogP contribution in [0.4, 0.5) is 4.79 Å². The molecule has 0 saturated carbocycles. The van der Waals surface area contributed by atoms with Crippen molar-refractivity contribution in [3.63, 3.8) is 0 Å². The van der Waals surface area contributed by atoms with E-state index in [4.69, 9.17) is 4.74 Å². The minimum absolute atomic E-state index is 0.167. The van der Waals surface area contributed by atoms with Crippen LogP contribution in [0.15, 0.2) is 42.5 Å². The number of phenolic OH excluding ortho intramolecular Hbond substituents is 1. The molecular weight excluding hydrogens is 334 g/mol. The molecule has 4 N–H and O–H groups in total. The fraction of sp³-hybridized carbons (Fsp3) is 0.350. The number of aliphatic hydroxyl groups excluding tert-OH is 2. The van der Waals surface area contributed by atoms with Gasteiger partial charge in [-0.15, -0.1) is 0 Å². The van der Waals surface area contributed by atoms with Gasteiger partial charge in [0.2, 0.25) is 0 Å². The monoisotopic (exact) mass is 359 g/mol. The summed E-state index contributed by atoms with van der Waals surface area (Å²) in [6.45, 7) is 3.80. The van der Waals surface area contributed by atoms with Crippen LogP contribution < -0.4 is 5.32 Å². The second-order valence-electron chi connectivity index (χ2n) is 6.29. The molecule has 26 heavy (non-hydrogen) atoms. The average Bonchev–Trinajstić information content (AvgIpc) is 2.64. The number of amides is 1. The van der Waals surface area contributed by atoms with Gasteiger partial charge in [0, 0.05) is 6.54 Å². The summed E-state index contributed by atoms with van der Waals surface area (Å²) in [5.74, 6) is 0.179. The summed E-state index contributed by atoms with van der Waals surface area (Å²) in [6, 6.07) is 12.6. The third-order valence-electron chi connectivity index (χ3n) is 4.14. The molecule has 0 aromatic heterocycles. The van der Waals surface area contributed by atoms with Crippen LogP contribution >= 0.6 is 0 Å². The van der Waals surface area contributed by atoms with Crippen LogP contribution in [-0.2, 0) is 11.3 Å². The highest BCUT2D eigenvalue weighted by atomic mass is 16.5. The average molecular weight is 359 g/mol. The fourth-order valence-corrected chi connectivity index (χ4v) is 2.64. The van der Waals surface area contributed by atoms with Gasteiger partial charge in [-0.3, -0.25) is 0 Å². The lowest BCUT2D eigenvalue weighted by molar-refractivity contribution is 0.0135. The molecular formula is C20H25NO5. The van der Waals surface area contributed by atoms with Crippen molar-refractivity contribution in [1.82, 2.24) is 5.32 Å². The van der Waals surface area contributed by atoms with Gasteiger partial charge >= 0.3 is 6.09 Å². The first-order chi connectivity index (χ1) is 12.4. The van der Waals surface area contributed by atoms with E-state index in [1.54, 1.807) is 26.0 Å². The molecule has 0 aliphatic rings. The Kier molecular flexibility index (Phi) is 7.00. The molecule has 2 aromatic carbocycles. The normalized spacial score (nSPS) is 13.1. The third kappa shape index (κ3) is 5.47. The van der Waals surface area contributed by atoms with Gasteiger partial charge in [-0.25, -0.2) is 4.79 Å². The van der Waals surface area contributed by atoms with E-state index in [1.165, 1.54) is 0 Å². The van der Waals surface area contributed by atoms with Gasteiger partial charge in [0.25, 0.3) is 0 Å². The molecule has 2 unspecified atom stereocenters. The number of phenols is 1. The summed E-state index contributed by atoms with van der Waals surface area (Å²) in [4.78, 5) is 11.7. The van der Waals surface area contributed by atoms with Crippen molar-refractivity contribution in [3.05, 3.63) is 64.7 Å². The highest BCUT2D eigenvalue weighted by molar-refractivity contribution is 5.67. The van der Waals surface area contributed by atoms with Gasteiger partial charge in [-0.1, -0.05) is 30.3 Å². The van der Waals surface area contributed by atoms with Crippen molar-refractivity contribution in [2.45, 2.75) is 39.1 Å². The van der Waals surface area contributed by atoms with E-state index in [0.29, 0.717) is 16.7 Å². The summed E-state index contributed by atoms with van der Waals surface area (Å²) < 4.78 is 5.08. The second kappa shape index (κ2) is 9.22. The first-order valence-electron chi connectivity index (χ1n) is 8.49. The Hall–Kier alpha value is -2.57. The maximum Gasteiger partial charge on any atom is 0.407 e. The number of aryl methyl sites for hydroxylation is 2. The van der Waals surface area contributed by atoms with E-state index in [1.807, 2.05) is 30.3 Å². The Morgan fingerprint density at radius 2 is 1.73 bits per heavy atom. The van der Waals surface area contributed by atoms with E-state index in [2.05, 4.69) is 5.32 Å². The zero-order valence-electron chi connectivity index (χ0n) is 15.0. The van der Waals surface area contributed by atoms with Crippen molar-refractivity contribution >= 4 is 6.09 Å². The number of nitrogens with one attached hydrogen (secondary N) is 1. The predicted molar refractivity (Wildman–Crippen MR) is 97.8 cm³/mol. The number of rotatable bonds is 7. The van der Waals surface area contributed by atoms with Crippen LogP contribution in [-0.4, -0.2) is 34.1 Å². The molecule has 2 rings (SSSR count). The molecule has 0 spiro atoms. The Labute approximate surface area is 153 Å². The number of hydrogen-bond acceptors (Lipinski definition) is 5. The third-order valence-corrected chi connectivity index (χ3v) is 4.14. The zero-order valence-corrected chi connectivity index (χ0v) is 15.0. The molecule has 6 heteroatoms. The first kappa shape index (κ1) is 19.8. The minimum Gasteiger partial charge on any atom is -0.507 e. The van der Waals surface area contributed by atoms with E-state index < -0.39 is 18.3 Å². The molecule has 0 radical (unpaired) electrons. The van der Waals surface area contributed by atoms with Crippen LogP contribution in [0, 0.1) is 13.8 Å². The summed E-state index contributed by atoms with van der Waals surface area (Å²) in [7, 11) is 0. The molecule has 0 saturated heterocycles. The molecule has 6 nitrogen and oxygen atoms in total. The van der Waals surface area contributed by atoms with Crippen molar-refractivity contribution in [3.8, 4) is 5.75 Å². The maximum absolute atomic E-state index is 11.7. The highest BCUT2D eigenvalue weighted by Crippen LogP contribution is 2.28. The molecule has 2 atom stereocenters. The number of carbonyl (C=O) groups is 1. The van der Waals surface area contributed by atoms with Crippen LogP contribution in [0.25, 0.3) is 0 Å². The molecule has 0 fully saturated rings. The van der Waals surface area contributed by atoms with Crippen LogP contribution in [0.3, 0.4) is 0 Å². The molecule has 0 aliphatic heterocycles. The number of aliphatic hydroxyl groups is 2. The Morgan fingerprint density at radius 1 is 1.12 bits per heavy atom. The number of benzene rings is 2. The van der Waals surface area contributed by atoms with Crippen molar-refractivity contribution < 1.29 is 24.9 Å². The quantitative estimate of drug-likeness (QED) is 0.609. The number of carbonyl (C=O) groups excluding carboxylic acids is 1. The van der Waals surface area contributed by atoms with Gasteiger partial charge in [0.05, 0.1) is 6.10 Å². The van der Waals surface area contributed by atoms with E-state index in [-0.39, 0.29) is 25.3 Å².